The molecule has 0 aliphatic heterocycles. The molecule has 0 spiro atoms. The van der Waals surface area contributed by atoms with E-state index in [0.717, 1.165) is 29.3 Å². The Kier molecular flexibility index (Phi) is 17.3. The maximum Gasteiger partial charge on any atom is 0.326 e. The van der Waals surface area contributed by atoms with Crippen molar-refractivity contribution in [1.29, 1.82) is 0 Å². The number of H-pyrrole nitrogens is 1. The predicted octanol–water partition coefficient (Wildman–Crippen LogP) is 5.58. The number of rotatable bonds is 22. The van der Waals surface area contributed by atoms with Crippen LogP contribution in [0.4, 0.5) is 0 Å². The summed E-state index contributed by atoms with van der Waals surface area (Å²) in [5.74, 6) is -5.14. The van der Waals surface area contributed by atoms with Crippen LogP contribution in [0.3, 0.4) is 0 Å². The van der Waals surface area contributed by atoms with Crippen LogP contribution in [0.15, 0.2) is 42.1 Å². The van der Waals surface area contributed by atoms with Gasteiger partial charge in [0.15, 0.2) is 0 Å². The number of aliphatic carboxylic acids is 2. The van der Waals surface area contributed by atoms with Gasteiger partial charge in [-0.2, -0.15) is 0 Å². The molecule has 1 aromatic heterocycles. The number of Topliss-reactive ketones (excluding diaryl/α,β-unsaturated/α-hetero) is 1. The second kappa shape index (κ2) is 20.4. The number of nitrogens with one attached hydrogen (secondary N) is 4. The Bertz CT molecular complexity index is 1690. The third-order valence-corrected chi connectivity index (χ3v) is 10.5. The van der Waals surface area contributed by atoms with Gasteiger partial charge in [0.05, 0.1) is 18.0 Å². The second-order valence-electron chi connectivity index (χ2n) is 16.7. The van der Waals surface area contributed by atoms with Crippen LogP contribution in [0, 0.1) is 17.3 Å². The summed E-state index contributed by atoms with van der Waals surface area (Å²) < 4.78 is 0. The van der Waals surface area contributed by atoms with Crippen molar-refractivity contribution in [3.8, 4) is 0 Å². The van der Waals surface area contributed by atoms with Crippen LogP contribution in [0.5, 0.6) is 0 Å². The number of para-hydroxylation sites is 1. The van der Waals surface area contributed by atoms with Gasteiger partial charge in [0.25, 0.3) is 0 Å². The largest absolute Gasteiger partial charge is 0.481 e. The van der Waals surface area contributed by atoms with E-state index in [4.69, 9.17) is 0 Å². The van der Waals surface area contributed by atoms with E-state index >= 15 is 0 Å². The Morgan fingerprint density at radius 1 is 0.909 bits per heavy atom. The van der Waals surface area contributed by atoms with Crippen LogP contribution in [-0.4, -0.2) is 93.8 Å². The fraction of sp³-hybridized carbons (Fsp3) is 0.619. The number of carboxylic acid groups (broad SMARTS) is 2. The molecule has 1 aromatic carbocycles. The molecule has 3 amide bonds. The molecular formula is C42H65N5O8. The summed E-state index contributed by atoms with van der Waals surface area (Å²) in [5, 5.41) is 29.1. The van der Waals surface area contributed by atoms with Crippen LogP contribution in [0.2, 0.25) is 0 Å². The van der Waals surface area contributed by atoms with Crippen LogP contribution in [-0.2, 0) is 34.2 Å². The molecule has 13 nitrogen and oxygen atoms in total. The van der Waals surface area contributed by atoms with Crippen LogP contribution in [0.25, 0.3) is 10.9 Å². The zero-order valence-corrected chi connectivity index (χ0v) is 34.7. The molecule has 0 aliphatic carbocycles. The summed E-state index contributed by atoms with van der Waals surface area (Å²) in [4.78, 5) is 82.9. The van der Waals surface area contributed by atoms with E-state index in [1.165, 1.54) is 11.8 Å². The quantitative estimate of drug-likeness (QED) is 0.0654. The Labute approximate surface area is 326 Å². The Hall–Kier alpha value is -4.52. The molecule has 5 atom stereocenters. The number of ketones is 1. The van der Waals surface area contributed by atoms with Gasteiger partial charge in [0.1, 0.15) is 17.9 Å². The lowest BCUT2D eigenvalue weighted by Gasteiger charge is -2.39. The highest BCUT2D eigenvalue weighted by atomic mass is 16.4. The Balaban J connectivity index is 2.23. The van der Waals surface area contributed by atoms with Crippen LogP contribution in [0.1, 0.15) is 113 Å². The fourth-order valence-electron chi connectivity index (χ4n) is 7.05. The number of unbranched alkanes of at least 4 members (excludes halogenated alkanes) is 2. The molecular weight excluding hydrogens is 702 g/mol. The van der Waals surface area contributed by atoms with Crippen molar-refractivity contribution in [3.63, 3.8) is 0 Å². The van der Waals surface area contributed by atoms with Gasteiger partial charge in [-0.1, -0.05) is 98.9 Å². The summed E-state index contributed by atoms with van der Waals surface area (Å²) in [7, 11) is 3.33. The lowest BCUT2D eigenvalue weighted by Crippen LogP contribution is -2.61. The highest BCUT2D eigenvalue weighted by Crippen LogP contribution is 2.34. The lowest BCUT2D eigenvalue weighted by molar-refractivity contribution is -0.144. The van der Waals surface area contributed by atoms with E-state index in [2.05, 4.69) is 20.9 Å². The number of aromatic nitrogens is 1. The Morgan fingerprint density at radius 3 is 2.09 bits per heavy atom. The molecule has 13 heteroatoms. The molecule has 6 N–H and O–H groups in total. The zero-order chi connectivity index (χ0) is 41.8. The molecule has 306 valence electrons. The maximum atomic E-state index is 14.3. The first-order valence-corrected chi connectivity index (χ1v) is 19.4. The number of hydrogen-bond acceptors (Lipinski definition) is 7. The van der Waals surface area contributed by atoms with Crippen molar-refractivity contribution < 1.29 is 39.0 Å². The minimum absolute atomic E-state index is 0.171. The summed E-state index contributed by atoms with van der Waals surface area (Å²) in [5.41, 5.74) is 0.696. The number of hydrogen-bond donors (Lipinski definition) is 6. The number of amides is 3. The Morgan fingerprint density at radius 2 is 1.55 bits per heavy atom. The van der Waals surface area contributed by atoms with E-state index in [9.17, 15) is 39.0 Å². The summed E-state index contributed by atoms with van der Waals surface area (Å²) in [6.07, 6.45) is 5.76. The zero-order valence-electron chi connectivity index (χ0n) is 34.7. The number of fused-ring (bicyclic) bond motifs is 1. The van der Waals surface area contributed by atoms with Gasteiger partial charge in [0.2, 0.25) is 17.7 Å². The molecule has 0 unspecified atom stereocenters. The normalized spacial score (nSPS) is 15.2. The molecule has 0 saturated heterocycles. The van der Waals surface area contributed by atoms with Gasteiger partial charge >= 0.3 is 11.9 Å². The standard InChI is InChI=1S/C42H65N5O8/c1-12-13-14-17-27(39(52)53)23-28(48)20-21-32(40(54)55)45-36(49)26(4)22-33(25(2)3)47(11)38(51)35(41(5,6)7)46-37(50)34(43-10)42(8,9)30-24-44-31-19-16-15-18-29(30)31/h15-16,18-19,22,24-25,27,32-35,43-44H,12-14,17,20-21,23H2,1-11H3,(H,45,49)(H,46,50)(H,52,53)(H,54,55)/b26-22+/t27-,32+,33+,34+,35+/m0/s1. The smallest absolute Gasteiger partial charge is 0.326 e. The van der Waals surface area contributed by atoms with Gasteiger partial charge in [-0.25, -0.2) is 4.79 Å². The van der Waals surface area contributed by atoms with E-state index in [0.29, 0.717) is 12.8 Å². The van der Waals surface area contributed by atoms with Crippen molar-refractivity contribution in [3.05, 3.63) is 47.7 Å². The van der Waals surface area contributed by atoms with Gasteiger partial charge in [0, 0.05) is 48.0 Å². The summed E-state index contributed by atoms with van der Waals surface area (Å²) >= 11 is 0. The topological polar surface area (TPSA) is 198 Å². The number of nitrogens with zero attached hydrogens (tertiary/aromatic N) is 1. The van der Waals surface area contributed by atoms with E-state index in [1.807, 2.05) is 85.9 Å². The number of likely N-dealkylation sites (N-methyl/N-ethyl adjacent to an activating group) is 2. The third kappa shape index (κ3) is 12.8. The highest BCUT2D eigenvalue weighted by Gasteiger charge is 2.42. The SMILES string of the molecule is CCCCC[C@@H](CC(=O)CC[C@@H](NC(=O)/C(C)=C/[C@H](C(C)C)N(C)C(=O)[C@@H](NC(=O)[C@@H](NC)C(C)(C)c1c[nH]c2ccccc12)C(C)(C)C)C(=O)O)C(=O)O. The predicted molar refractivity (Wildman–Crippen MR) is 214 cm³/mol. The van der Waals surface area contributed by atoms with Crippen molar-refractivity contribution >= 4 is 46.3 Å². The number of carbonyl (C=O) groups excluding carboxylic acids is 4. The van der Waals surface area contributed by atoms with E-state index in [1.54, 1.807) is 20.2 Å². The first-order chi connectivity index (χ1) is 25.6. The number of aromatic amines is 1. The minimum Gasteiger partial charge on any atom is -0.481 e. The van der Waals surface area contributed by atoms with Gasteiger partial charge in [-0.15, -0.1) is 0 Å². The highest BCUT2D eigenvalue weighted by molar-refractivity contribution is 5.96. The molecule has 2 aromatic rings. The monoisotopic (exact) mass is 767 g/mol. The first-order valence-electron chi connectivity index (χ1n) is 19.4. The molecule has 2 rings (SSSR count). The molecule has 0 fully saturated rings. The number of carbonyl (C=O) groups is 6. The van der Waals surface area contributed by atoms with Crippen LogP contribution < -0.4 is 16.0 Å². The number of carboxylic acids is 2. The van der Waals surface area contributed by atoms with E-state index in [-0.39, 0.29) is 48.4 Å². The fourth-order valence-corrected chi connectivity index (χ4v) is 7.05. The maximum absolute atomic E-state index is 14.3. The molecule has 0 aliphatic rings. The summed E-state index contributed by atoms with van der Waals surface area (Å²) in [6.45, 7) is 16.9. The number of benzene rings is 1. The molecule has 1 heterocycles. The van der Waals surface area contributed by atoms with Gasteiger partial charge in [-0.05, 0) is 49.8 Å². The van der Waals surface area contributed by atoms with Crippen molar-refractivity contribution in [2.45, 2.75) is 137 Å². The van der Waals surface area contributed by atoms with Crippen molar-refractivity contribution in [2.75, 3.05) is 14.1 Å². The summed E-state index contributed by atoms with van der Waals surface area (Å²) in [6, 6.07) is 4.24. The molecule has 55 heavy (non-hydrogen) atoms. The van der Waals surface area contributed by atoms with Gasteiger partial charge in [-0.3, -0.25) is 24.0 Å². The second-order valence-corrected chi connectivity index (χ2v) is 16.7. The van der Waals surface area contributed by atoms with E-state index < -0.39 is 58.8 Å². The molecule has 0 radical (unpaired) electrons. The van der Waals surface area contributed by atoms with Gasteiger partial charge < -0.3 is 36.0 Å². The molecule has 0 bridgehead atoms. The minimum atomic E-state index is -1.38. The lowest BCUT2D eigenvalue weighted by atomic mass is 9.76. The van der Waals surface area contributed by atoms with Crippen molar-refractivity contribution in [2.24, 2.45) is 17.3 Å². The first kappa shape index (κ1) is 46.6. The third-order valence-electron chi connectivity index (χ3n) is 10.5. The molecule has 0 saturated carbocycles. The van der Waals surface area contributed by atoms with Crippen molar-refractivity contribution in [1.82, 2.24) is 25.8 Å². The average Bonchev–Trinajstić information content (AvgIpc) is 3.55. The average molecular weight is 768 g/mol. The van der Waals surface area contributed by atoms with Crippen LogP contribution >= 0.6 is 0 Å².